The molecule has 7 heteroatoms. The van der Waals surface area contributed by atoms with Gasteiger partial charge in [0.05, 0.1) is 0 Å². The molecular weight excluding hydrogens is 320 g/mol. The van der Waals surface area contributed by atoms with Crippen LogP contribution in [0.3, 0.4) is 0 Å². The SMILES string of the molecule is Cc1cc(=O)n(CCN(C)C[C@H]2CC(=O)N(C3CCCC3)C2)c(=O)[nH]1. The third kappa shape index (κ3) is 4.21. The van der Waals surface area contributed by atoms with E-state index in [1.54, 1.807) is 6.92 Å². The summed E-state index contributed by atoms with van der Waals surface area (Å²) in [4.78, 5) is 42.9. The zero-order valence-corrected chi connectivity index (χ0v) is 15.2. The van der Waals surface area contributed by atoms with E-state index in [1.807, 2.05) is 7.05 Å². The highest BCUT2D eigenvalue weighted by molar-refractivity contribution is 5.79. The van der Waals surface area contributed by atoms with Crippen LogP contribution < -0.4 is 11.2 Å². The van der Waals surface area contributed by atoms with Crippen LogP contribution in [-0.2, 0) is 11.3 Å². The van der Waals surface area contributed by atoms with Crippen molar-refractivity contribution in [3.05, 3.63) is 32.6 Å². The van der Waals surface area contributed by atoms with Gasteiger partial charge in [-0.2, -0.15) is 0 Å². The van der Waals surface area contributed by atoms with Crippen LogP contribution in [-0.4, -0.2) is 58.0 Å². The van der Waals surface area contributed by atoms with E-state index in [4.69, 9.17) is 0 Å². The van der Waals surface area contributed by atoms with Crippen molar-refractivity contribution in [3.8, 4) is 0 Å². The van der Waals surface area contributed by atoms with Gasteiger partial charge in [0.25, 0.3) is 5.56 Å². The van der Waals surface area contributed by atoms with Crippen molar-refractivity contribution >= 4 is 5.91 Å². The van der Waals surface area contributed by atoms with Gasteiger partial charge < -0.3 is 14.8 Å². The second-order valence-corrected chi connectivity index (χ2v) is 7.56. The van der Waals surface area contributed by atoms with Gasteiger partial charge >= 0.3 is 5.69 Å². The number of carbonyl (C=O) groups excluding carboxylic acids is 1. The lowest BCUT2D eigenvalue weighted by molar-refractivity contribution is -0.129. The first-order valence-electron chi connectivity index (χ1n) is 9.23. The molecule has 138 valence electrons. The summed E-state index contributed by atoms with van der Waals surface area (Å²) in [5.74, 6) is 0.627. The Kier molecular flexibility index (Phi) is 5.42. The van der Waals surface area contributed by atoms with Crippen LogP contribution in [0.15, 0.2) is 15.7 Å². The number of aromatic amines is 1. The molecule has 1 aliphatic heterocycles. The molecule has 25 heavy (non-hydrogen) atoms. The second-order valence-electron chi connectivity index (χ2n) is 7.56. The topological polar surface area (TPSA) is 78.4 Å². The molecule has 0 aromatic carbocycles. The molecule has 1 amide bonds. The van der Waals surface area contributed by atoms with Gasteiger partial charge in [-0.25, -0.2) is 4.79 Å². The minimum Gasteiger partial charge on any atom is -0.339 e. The zero-order valence-electron chi connectivity index (χ0n) is 15.2. The number of carbonyl (C=O) groups is 1. The first-order chi connectivity index (χ1) is 11.9. The maximum absolute atomic E-state index is 12.3. The van der Waals surface area contributed by atoms with Gasteiger partial charge in [0.1, 0.15) is 0 Å². The van der Waals surface area contributed by atoms with E-state index in [1.165, 1.54) is 23.5 Å². The van der Waals surface area contributed by atoms with Gasteiger partial charge in [-0.1, -0.05) is 12.8 Å². The van der Waals surface area contributed by atoms with Crippen molar-refractivity contribution in [2.45, 2.75) is 51.6 Å². The van der Waals surface area contributed by atoms with Gasteiger partial charge in [-0.3, -0.25) is 14.2 Å². The summed E-state index contributed by atoms with van der Waals surface area (Å²) in [6.07, 6.45) is 5.38. The Morgan fingerprint density at radius 2 is 1.96 bits per heavy atom. The summed E-state index contributed by atoms with van der Waals surface area (Å²) in [6, 6.07) is 1.89. The lowest BCUT2D eigenvalue weighted by Crippen LogP contribution is -2.39. The van der Waals surface area contributed by atoms with E-state index in [-0.39, 0.29) is 17.2 Å². The smallest absolute Gasteiger partial charge is 0.328 e. The summed E-state index contributed by atoms with van der Waals surface area (Å²) in [5, 5.41) is 0. The first kappa shape index (κ1) is 17.9. The van der Waals surface area contributed by atoms with Gasteiger partial charge in [-0.05, 0) is 32.7 Å². The summed E-state index contributed by atoms with van der Waals surface area (Å²) in [7, 11) is 1.98. The van der Waals surface area contributed by atoms with Crippen molar-refractivity contribution in [1.29, 1.82) is 0 Å². The van der Waals surface area contributed by atoms with E-state index >= 15 is 0 Å². The molecule has 7 nitrogen and oxygen atoms in total. The highest BCUT2D eigenvalue weighted by Crippen LogP contribution is 2.29. The predicted octanol–water partition coefficient (Wildman–Crippen LogP) is 0.568. The number of likely N-dealkylation sites (N-methyl/N-ethyl adjacent to an activating group) is 1. The molecule has 2 aliphatic rings. The Bertz CT molecular complexity index is 701. The average Bonchev–Trinajstić information content (AvgIpc) is 3.15. The molecule has 0 unspecified atom stereocenters. The molecule has 0 spiro atoms. The molecule has 2 fully saturated rings. The lowest BCUT2D eigenvalue weighted by atomic mass is 10.1. The molecule has 1 aliphatic carbocycles. The normalized spacial score (nSPS) is 21.6. The number of nitrogens with zero attached hydrogens (tertiary/aromatic N) is 3. The Labute approximate surface area is 147 Å². The number of hydrogen-bond donors (Lipinski definition) is 1. The van der Waals surface area contributed by atoms with E-state index in [0.29, 0.717) is 37.2 Å². The molecule has 2 heterocycles. The Morgan fingerprint density at radius 3 is 2.64 bits per heavy atom. The van der Waals surface area contributed by atoms with Gasteiger partial charge in [0.2, 0.25) is 5.91 Å². The highest BCUT2D eigenvalue weighted by Gasteiger charge is 2.35. The molecule has 0 radical (unpaired) electrons. The number of nitrogens with one attached hydrogen (secondary N) is 1. The van der Waals surface area contributed by atoms with Crippen molar-refractivity contribution < 1.29 is 4.79 Å². The van der Waals surface area contributed by atoms with Crippen LogP contribution in [0.1, 0.15) is 37.8 Å². The quantitative estimate of drug-likeness (QED) is 0.815. The number of H-pyrrole nitrogens is 1. The fourth-order valence-electron chi connectivity index (χ4n) is 4.15. The molecule has 1 N–H and O–H groups in total. The van der Waals surface area contributed by atoms with Crippen LogP contribution in [0.5, 0.6) is 0 Å². The second kappa shape index (κ2) is 7.56. The van der Waals surface area contributed by atoms with Crippen LogP contribution in [0.2, 0.25) is 0 Å². The fraction of sp³-hybridized carbons (Fsp3) is 0.722. The van der Waals surface area contributed by atoms with Crippen LogP contribution >= 0.6 is 0 Å². The molecule has 3 rings (SSSR count). The van der Waals surface area contributed by atoms with Crippen LogP contribution in [0.25, 0.3) is 0 Å². The molecule has 1 saturated heterocycles. The predicted molar refractivity (Wildman–Crippen MR) is 95.6 cm³/mol. The molecule has 1 saturated carbocycles. The minimum absolute atomic E-state index is 0.266. The number of rotatable bonds is 6. The van der Waals surface area contributed by atoms with E-state index in [9.17, 15) is 14.4 Å². The van der Waals surface area contributed by atoms with Gasteiger partial charge in [0, 0.05) is 50.4 Å². The lowest BCUT2D eigenvalue weighted by Gasteiger charge is -2.25. The first-order valence-corrected chi connectivity index (χ1v) is 9.23. The number of aromatic nitrogens is 2. The summed E-state index contributed by atoms with van der Waals surface area (Å²) < 4.78 is 1.23. The highest BCUT2D eigenvalue weighted by atomic mass is 16.2. The summed E-state index contributed by atoms with van der Waals surface area (Å²) >= 11 is 0. The Hall–Kier alpha value is -1.89. The molecule has 1 atom stereocenters. The van der Waals surface area contributed by atoms with Crippen molar-refractivity contribution in [2.24, 2.45) is 5.92 Å². The maximum atomic E-state index is 12.3. The number of aryl methyl sites for hydroxylation is 1. The summed E-state index contributed by atoms with van der Waals surface area (Å²) in [5.41, 5.74) is -0.0453. The molecule has 1 aromatic rings. The minimum atomic E-state index is -0.359. The number of likely N-dealkylation sites (tertiary alicyclic amines) is 1. The molecule has 1 aromatic heterocycles. The van der Waals surface area contributed by atoms with Crippen LogP contribution in [0, 0.1) is 12.8 Å². The Morgan fingerprint density at radius 1 is 1.24 bits per heavy atom. The van der Waals surface area contributed by atoms with E-state index < -0.39 is 0 Å². The molecule has 0 bridgehead atoms. The summed E-state index contributed by atoms with van der Waals surface area (Å²) in [6.45, 7) is 4.33. The monoisotopic (exact) mass is 348 g/mol. The average molecular weight is 348 g/mol. The number of amides is 1. The Balaban J connectivity index is 1.52. The van der Waals surface area contributed by atoms with Crippen molar-refractivity contribution in [1.82, 2.24) is 19.4 Å². The van der Waals surface area contributed by atoms with Gasteiger partial charge in [0.15, 0.2) is 0 Å². The van der Waals surface area contributed by atoms with E-state index in [0.717, 1.165) is 25.9 Å². The zero-order chi connectivity index (χ0) is 18.0. The van der Waals surface area contributed by atoms with Gasteiger partial charge in [-0.15, -0.1) is 0 Å². The standard InChI is InChI=1S/C18H28N4O3/c1-13-9-16(23)21(18(25)19-13)8-7-20(2)11-14-10-17(24)22(12-14)15-5-3-4-6-15/h9,14-15H,3-8,10-12H2,1-2H3,(H,19,25)/t14-/m1/s1. The third-order valence-corrected chi connectivity index (χ3v) is 5.43. The largest absolute Gasteiger partial charge is 0.339 e. The molecular formula is C18H28N4O3. The number of hydrogen-bond acceptors (Lipinski definition) is 4. The fourth-order valence-corrected chi connectivity index (χ4v) is 4.15. The van der Waals surface area contributed by atoms with Crippen LogP contribution in [0.4, 0.5) is 0 Å². The maximum Gasteiger partial charge on any atom is 0.328 e. The third-order valence-electron chi connectivity index (χ3n) is 5.43. The van der Waals surface area contributed by atoms with Crippen molar-refractivity contribution in [2.75, 3.05) is 26.7 Å². The van der Waals surface area contributed by atoms with Crippen molar-refractivity contribution in [3.63, 3.8) is 0 Å². The van der Waals surface area contributed by atoms with E-state index in [2.05, 4.69) is 14.8 Å².